The molecule has 0 aromatic carbocycles. The Balaban J connectivity index is 1.93. The van der Waals surface area contributed by atoms with Crippen molar-refractivity contribution in [3.8, 4) is 0 Å². The number of aryl methyl sites for hydroxylation is 1. The Morgan fingerprint density at radius 1 is 1.53 bits per heavy atom. The number of rotatable bonds is 5. The third-order valence-electron chi connectivity index (χ3n) is 3.82. The van der Waals surface area contributed by atoms with E-state index in [1.807, 2.05) is 17.5 Å². The van der Waals surface area contributed by atoms with Crippen molar-refractivity contribution in [2.45, 2.75) is 59.2 Å². The Labute approximate surface area is 121 Å². The lowest BCUT2D eigenvalue weighted by Gasteiger charge is -2.39. The Kier molecular flexibility index (Phi) is 5.37. The van der Waals surface area contributed by atoms with E-state index in [0.29, 0.717) is 12.1 Å². The number of nitrogens with zero attached hydrogens (tertiary/aromatic N) is 2. The molecule has 1 N–H and O–H groups in total. The van der Waals surface area contributed by atoms with Gasteiger partial charge < -0.3 is 5.32 Å². The van der Waals surface area contributed by atoms with Gasteiger partial charge in [-0.15, -0.1) is 11.3 Å². The van der Waals surface area contributed by atoms with E-state index in [2.05, 4.69) is 42.9 Å². The van der Waals surface area contributed by atoms with Crippen LogP contribution in [0.4, 0.5) is 0 Å². The monoisotopic (exact) mass is 281 g/mol. The van der Waals surface area contributed by atoms with Crippen molar-refractivity contribution in [2.75, 3.05) is 13.1 Å². The summed E-state index contributed by atoms with van der Waals surface area (Å²) in [6.07, 6.45) is 4.41. The number of nitrogens with one attached hydrogen (secondary N) is 1. The molecule has 0 radical (unpaired) electrons. The summed E-state index contributed by atoms with van der Waals surface area (Å²) < 4.78 is 0. The van der Waals surface area contributed by atoms with Gasteiger partial charge in [-0.2, -0.15) is 0 Å². The molecule has 2 atom stereocenters. The summed E-state index contributed by atoms with van der Waals surface area (Å²) in [5.41, 5.74) is 0. The lowest BCUT2D eigenvalue weighted by molar-refractivity contribution is 0.124. The van der Waals surface area contributed by atoms with Crippen LogP contribution in [-0.4, -0.2) is 35.1 Å². The molecule has 1 aliphatic rings. The smallest absolute Gasteiger partial charge is 0.107 e. The highest BCUT2D eigenvalue weighted by Gasteiger charge is 2.25. The fourth-order valence-corrected chi connectivity index (χ4v) is 3.59. The first-order chi connectivity index (χ1) is 9.08. The van der Waals surface area contributed by atoms with Crippen molar-refractivity contribution in [3.63, 3.8) is 0 Å². The van der Waals surface area contributed by atoms with Crippen LogP contribution in [0, 0.1) is 5.92 Å². The first-order valence-corrected chi connectivity index (χ1v) is 8.31. The fourth-order valence-electron chi connectivity index (χ4n) is 2.70. The summed E-state index contributed by atoms with van der Waals surface area (Å²) in [6, 6.07) is 1.25. The molecule has 1 aromatic rings. The normalized spacial score (nSPS) is 25.1. The van der Waals surface area contributed by atoms with Gasteiger partial charge in [0.05, 0.1) is 6.54 Å². The molecule has 0 bridgehead atoms. The lowest BCUT2D eigenvalue weighted by atomic mass is 10.0. The van der Waals surface area contributed by atoms with Crippen LogP contribution in [0.2, 0.25) is 0 Å². The van der Waals surface area contributed by atoms with Gasteiger partial charge in [0.25, 0.3) is 0 Å². The lowest BCUT2D eigenvalue weighted by Crippen LogP contribution is -2.55. The molecule has 0 spiro atoms. The summed E-state index contributed by atoms with van der Waals surface area (Å²) in [5.74, 6) is 0.763. The molecule has 0 aliphatic carbocycles. The van der Waals surface area contributed by atoms with E-state index in [1.54, 1.807) is 0 Å². The zero-order chi connectivity index (χ0) is 13.8. The van der Waals surface area contributed by atoms with Crippen molar-refractivity contribution in [3.05, 3.63) is 16.1 Å². The number of piperazine rings is 1. The summed E-state index contributed by atoms with van der Waals surface area (Å²) in [7, 11) is 0. The van der Waals surface area contributed by atoms with Crippen LogP contribution in [-0.2, 0) is 13.0 Å². The number of hydrogen-bond donors (Lipinski definition) is 1. The van der Waals surface area contributed by atoms with Crippen molar-refractivity contribution >= 4 is 11.3 Å². The van der Waals surface area contributed by atoms with Crippen LogP contribution < -0.4 is 5.32 Å². The number of aromatic nitrogens is 1. The molecule has 2 rings (SSSR count). The van der Waals surface area contributed by atoms with Crippen molar-refractivity contribution in [1.82, 2.24) is 15.2 Å². The highest BCUT2D eigenvalue weighted by molar-refractivity contribution is 7.11. The quantitative estimate of drug-likeness (QED) is 0.899. The SMILES string of the molecule is CCc1cnc(CN2CC(CC(C)C)NCC2C)s1. The van der Waals surface area contributed by atoms with E-state index in [4.69, 9.17) is 0 Å². The molecule has 108 valence electrons. The maximum atomic E-state index is 4.56. The second-order valence-electron chi connectivity index (χ2n) is 6.09. The van der Waals surface area contributed by atoms with Gasteiger partial charge in [-0.3, -0.25) is 4.90 Å². The number of hydrogen-bond acceptors (Lipinski definition) is 4. The Morgan fingerprint density at radius 2 is 2.32 bits per heavy atom. The van der Waals surface area contributed by atoms with Gasteiger partial charge in [-0.1, -0.05) is 20.8 Å². The van der Waals surface area contributed by atoms with Crippen LogP contribution in [0.3, 0.4) is 0 Å². The highest BCUT2D eigenvalue weighted by Crippen LogP contribution is 2.19. The minimum absolute atomic E-state index is 0.609. The molecule has 1 aliphatic heterocycles. The molecular weight excluding hydrogens is 254 g/mol. The van der Waals surface area contributed by atoms with E-state index in [0.717, 1.165) is 32.0 Å². The maximum absolute atomic E-state index is 4.56. The predicted molar refractivity (Wildman–Crippen MR) is 82.6 cm³/mol. The standard InChI is InChI=1S/C15H27N3S/c1-5-14-8-17-15(19-14)10-18-9-13(6-11(2)3)16-7-12(18)4/h8,11-13,16H,5-7,9-10H2,1-4H3. The summed E-state index contributed by atoms with van der Waals surface area (Å²) in [5, 5.41) is 4.95. The summed E-state index contributed by atoms with van der Waals surface area (Å²) >= 11 is 1.87. The molecule has 2 unspecified atom stereocenters. The topological polar surface area (TPSA) is 28.2 Å². The van der Waals surface area contributed by atoms with Crippen molar-refractivity contribution < 1.29 is 0 Å². The zero-order valence-electron chi connectivity index (χ0n) is 12.6. The van der Waals surface area contributed by atoms with Gasteiger partial charge >= 0.3 is 0 Å². The van der Waals surface area contributed by atoms with Gasteiger partial charge in [0.15, 0.2) is 0 Å². The van der Waals surface area contributed by atoms with Gasteiger partial charge in [0.2, 0.25) is 0 Å². The van der Waals surface area contributed by atoms with Crippen LogP contribution in [0.25, 0.3) is 0 Å². The van der Waals surface area contributed by atoms with E-state index >= 15 is 0 Å². The molecule has 0 saturated carbocycles. The molecule has 3 nitrogen and oxygen atoms in total. The average molecular weight is 281 g/mol. The molecule has 1 aromatic heterocycles. The fraction of sp³-hybridized carbons (Fsp3) is 0.800. The van der Waals surface area contributed by atoms with E-state index in [1.165, 1.54) is 16.3 Å². The molecule has 2 heterocycles. The van der Waals surface area contributed by atoms with E-state index < -0.39 is 0 Å². The first-order valence-electron chi connectivity index (χ1n) is 7.49. The molecule has 1 fully saturated rings. The summed E-state index contributed by atoms with van der Waals surface area (Å²) in [6.45, 7) is 12.4. The maximum Gasteiger partial charge on any atom is 0.107 e. The Morgan fingerprint density at radius 3 is 2.95 bits per heavy atom. The average Bonchev–Trinajstić information content (AvgIpc) is 2.80. The third kappa shape index (κ3) is 4.26. The van der Waals surface area contributed by atoms with Crippen LogP contribution >= 0.6 is 11.3 Å². The molecular formula is C15H27N3S. The number of thiazole rings is 1. The molecule has 4 heteroatoms. The zero-order valence-corrected chi connectivity index (χ0v) is 13.5. The first kappa shape index (κ1) is 14.9. The van der Waals surface area contributed by atoms with Gasteiger partial charge in [0, 0.05) is 36.2 Å². The Bertz CT molecular complexity index is 388. The van der Waals surface area contributed by atoms with Crippen LogP contribution in [0.5, 0.6) is 0 Å². The second kappa shape index (κ2) is 6.82. The predicted octanol–water partition coefficient (Wildman–Crippen LogP) is 2.91. The Hall–Kier alpha value is -0.450. The largest absolute Gasteiger partial charge is 0.311 e. The summed E-state index contributed by atoms with van der Waals surface area (Å²) in [4.78, 5) is 8.54. The van der Waals surface area contributed by atoms with Crippen molar-refractivity contribution in [2.24, 2.45) is 5.92 Å². The molecule has 19 heavy (non-hydrogen) atoms. The minimum Gasteiger partial charge on any atom is -0.311 e. The van der Waals surface area contributed by atoms with Crippen molar-refractivity contribution in [1.29, 1.82) is 0 Å². The van der Waals surface area contributed by atoms with Crippen LogP contribution in [0.1, 0.15) is 44.0 Å². The van der Waals surface area contributed by atoms with E-state index in [-0.39, 0.29) is 0 Å². The minimum atomic E-state index is 0.609. The van der Waals surface area contributed by atoms with Gasteiger partial charge in [0.1, 0.15) is 5.01 Å². The van der Waals surface area contributed by atoms with Gasteiger partial charge in [-0.25, -0.2) is 4.98 Å². The molecule has 0 amide bonds. The van der Waals surface area contributed by atoms with E-state index in [9.17, 15) is 0 Å². The third-order valence-corrected chi connectivity index (χ3v) is 4.95. The second-order valence-corrected chi connectivity index (χ2v) is 7.29. The highest BCUT2D eigenvalue weighted by atomic mass is 32.1. The van der Waals surface area contributed by atoms with Crippen LogP contribution in [0.15, 0.2) is 6.20 Å². The molecule has 1 saturated heterocycles. The van der Waals surface area contributed by atoms with Gasteiger partial charge in [-0.05, 0) is 25.7 Å².